The van der Waals surface area contributed by atoms with Crippen LogP contribution < -0.4 is 4.72 Å². The smallest absolute Gasteiger partial charge is 0.0972 e. The zero-order valence-corrected chi connectivity index (χ0v) is 11.0. The van der Waals surface area contributed by atoms with E-state index in [2.05, 4.69) is 11.6 Å². The van der Waals surface area contributed by atoms with Crippen molar-refractivity contribution in [3.63, 3.8) is 0 Å². The van der Waals surface area contributed by atoms with Gasteiger partial charge in [0.25, 0.3) is 0 Å². The molecule has 0 spiro atoms. The molecule has 0 amide bonds. The number of ether oxygens (including phenoxy) is 1. The highest BCUT2D eigenvalue weighted by Crippen LogP contribution is 2.20. The lowest BCUT2D eigenvalue weighted by molar-refractivity contribution is 0.0587. The van der Waals surface area contributed by atoms with Crippen molar-refractivity contribution in [1.82, 2.24) is 4.72 Å². The average molecular weight is 233 g/mol. The molecule has 1 N–H and O–H groups in total. The standard InChI is InChI=1S/C11H23NO2S/c1-9(10-5-7-14-8-6-10)12-15(13)11(2,3)4/h9-10,12H,5-8H2,1-4H3/t9?,15-/m1/s1. The minimum atomic E-state index is -0.960. The van der Waals surface area contributed by atoms with Crippen molar-refractivity contribution in [2.75, 3.05) is 13.2 Å². The Morgan fingerprint density at radius 1 is 1.33 bits per heavy atom. The topological polar surface area (TPSA) is 38.3 Å². The molecule has 1 heterocycles. The molecule has 0 saturated carbocycles. The van der Waals surface area contributed by atoms with Gasteiger partial charge in [0.05, 0.1) is 15.7 Å². The molecular weight excluding hydrogens is 210 g/mol. The molecule has 0 aromatic rings. The van der Waals surface area contributed by atoms with Gasteiger partial charge in [-0.25, -0.2) is 8.93 Å². The van der Waals surface area contributed by atoms with Crippen LogP contribution >= 0.6 is 0 Å². The van der Waals surface area contributed by atoms with Crippen molar-refractivity contribution in [3.05, 3.63) is 0 Å². The lowest BCUT2D eigenvalue weighted by atomic mass is 9.94. The van der Waals surface area contributed by atoms with E-state index < -0.39 is 11.0 Å². The Kier molecular flexibility index (Phi) is 4.74. The summed E-state index contributed by atoms with van der Waals surface area (Å²) in [5.74, 6) is 0.602. The van der Waals surface area contributed by atoms with E-state index in [0.717, 1.165) is 26.1 Å². The highest BCUT2D eigenvalue weighted by atomic mass is 32.2. The molecule has 0 bridgehead atoms. The first kappa shape index (κ1) is 13.1. The van der Waals surface area contributed by atoms with Gasteiger partial charge in [-0.15, -0.1) is 0 Å². The maximum absolute atomic E-state index is 11.9. The Balaban J connectivity index is 2.40. The Bertz CT molecular complexity index is 219. The van der Waals surface area contributed by atoms with Crippen molar-refractivity contribution in [1.29, 1.82) is 0 Å². The molecule has 0 aliphatic carbocycles. The summed E-state index contributed by atoms with van der Waals surface area (Å²) >= 11 is 0. The maximum Gasteiger partial charge on any atom is 0.0972 e. The van der Waals surface area contributed by atoms with Gasteiger partial charge in [-0.1, -0.05) is 0 Å². The number of hydrogen-bond donors (Lipinski definition) is 1. The molecule has 0 radical (unpaired) electrons. The molecule has 1 aliphatic heterocycles. The maximum atomic E-state index is 11.9. The van der Waals surface area contributed by atoms with Gasteiger partial charge in [-0.2, -0.15) is 0 Å². The van der Waals surface area contributed by atoms with Crippen molar-refractivity contribution in [2.45, 2.75) is 51.3 Å². The Morgan fingerprint density at radius 2 is 1.87 bits per heavy atom. The van der Waals surface area contributed by atoms with Crippen molar-refractivity contribution in [2.24, 2.45) is 5.92 Å². The number of hydrogen-bond acceptors (Lipinski definition) is 2. The molecule has 1 unspecified atom stereocenters. The fourth-order valence-electron chi connectivity index (χ4n) is 1.66. The molecule has 2 atom stereocenters. The van der Waals surface area contributed by atoms with Crippen LogP contribution in [0.2, 0.25) is 0 Å². The minimum absolute atomic E-state index is 0.181. The average Bonchev–Trinajstić information content (AvgIpc) is 2.17. The summed E-state index contributed by atoms with van der Waals surface area (Å²) in [4.78, 5) is 0. The van der Waals surface area contributed by atoms with Gasteiger partial charge in [-0.05, 0) is 46.5 Å². The van der Waals surface area contributed by atoms with E-state index in [1.807, 2.05) is 20.8 Å². The Labute approximate surface area is 95.6 Å². The van der Waals surface area contributed by atoms with Gasteiger partial charge in [0.15, 0.2) is 0 Å². The monoisotopic (exact) mass is 233 g/mol. The lowest BCUT2D eigenvalue weighted by Gasteiger charge is -2.30. The first-order chi connectivity index (χ1) is 6.91. The minimum Gasteiger partial charge on any atom is -0.381 e. The van der Waals surface area contributed by atoms with Gasteiger partial charge in [0, 0.05) is 19.3 Å². The summed E-state index contributed by atoms with van der Waals surface area (Å²) in [5.41, 5.74) is 0. The van der Waals surface area contributed by atoms with Crippen LogP contribution in [0.15, 0.2) is 0 Å². The van der Waals surface area contributed by atoms with Crippen molar-refractivity contribution >= 4 is 11.0 Å². The predicted octanol–water partition coefficient (Wildman–Crippen LogP) is 1.85. The Hall–Kier alpha value is 0.0700. The third kappa shape index (κ3) is 4.21. The molecule has 1 rings (SSSR count). The van der Waals surface area contributed by atoms with Gasteiger partial charge < -0.3 is 4.74 Å². The van der Waals surface area contributed by atoms with Crippen LogP contribution in [-0.2, 0) is 15.7 Å². The van der Waals surface area contributed by atoms with E-state index in [1.54, 1.807) is 0 Å². The number of nitrogens with one attached hydrogen (secondary N) is 1. The highest BCUT2D eigenvalue weighted by Gasteiger charge is 2.26. The largest absolute Gasteiger partial charge is 0.381 e. The van der Waals surface area contributed by atoms with Gasteiger partial charge >= 0.3 is 0 Å². The quantitative estimate of drug-likeness (QED) is 0.808. The van der Waals surface area contributed by atoms with E-state index >= 15 is 0 Å². The molecule has 0 aromatic carbocycles. The molecule has 1 aliphatic rings. The highest BCUT2D eigenvalue weighted by molar-refractivity contribution is 7.84. The summed E-state index contributed by atoms with van der Waals surface area (Å²) in [6.45, 7) is 9.80. The zero-order chi connectivity index (χ0) is 11.5. The van der Waals surface area contributed by atoms with E-state index in [4.69, 9.17) is 4.74 Å². The molecule has 15 heavy (non-hydrogen) atoms. The fourth-order valence-corrected chi connectivity index (χ4v) is 2.54. The first-order valence-electron chi connectivity index (χ1n) is 5.67. The van der Waals surface area contributed by atoms with Crippen LogP contribution in [0.5, 0.6) is 0 Å². The SMILES string of the molecule is CC(N[S@](=O)C(C)(C)C)C1CCOCC1. The van der Waals surface area contributed by atoms with Crippen LogP contribution in [0.3, 0.4) is 0 Å². The summed E-state index contributed by atoms with van der Waals surface area (Å²) in [6, 6.07) is 0.314. The summed E-state index contributed by atoms with van der Waals surface area (Å²) in [5, 5.41) is 0. The molecular formula is C11H23NO2S. The molecule has 90 valence electrons. The molecule has 4 heteroatoms. The van der Waals surface area contributed by atoms with E-state index in [9.17, 15) is 4.21 Å². The van der Waals surface area contributed by atoms with Crippen LogP contribution in [-0.4, -0.2) is 28.2 Å². The second kappa shape index (κ2) is 5.41. The zero-order valence-electron chi connectivity index (χ0n) is 10.2. The van der Waals surface area contributed by atoms with Crippen LogP contribution in [0.25, 0.3) is 0 Å². The van der Waals surface area contributed by atoms with E-state index in [0.29, 0.717) is 12.0 Å². The second-order valence-electron chi connectivity index (χ2n) is 5.24. The van der Waals surface area contributed by atoms with Crippen LogP contribution in [0.4, 0.5) is 0 Å². The number of rotatable bonds is 3. The van der Waals surface area contributed by atoms with Gasteiger partial charge in [0.1, 0.15) is 0 Å². The molecule has 1 saturated heterocycles. The summed E-state index contributed by atoms with van der Waals surface area (Å²) in [7, 11) is -0.960. The third-order valence-electron chi connectivity index (χ3n) is 2.82. The Morgan fingerprint density at radius 3 is 2.33 bits per heavy atom. The predicted molar refractivity (Wildman–Crippen MR) is 64.0 cm³/mol. The molecule has 0 aromatic heterocycles. The van der Waals surface area contributed by atoms with Crippen molar-refractivity contribution in [3.8, 4) is 0 Å². The van der Waals surface area contributed by atoms with E-state index in [-0.39, 0.29) is 4.75 Å². The second-order valence-corrected chi connectivity index (χ2v) is 7.24. The summed E-state index contributed by atoms with van der Waals surface area (Å²) in [6.07, 6.45) is 2.16. The van der Waals surface area contributed by atoms with E-state index in [1.165, 1.54) is 0 Å². The first-order valence-corrected chi connectivity index (χ1v) is 6.82. The molecule has 1 fully saturated rings. The van der Waals surface area contributed by atoms with Crippen molar-refractivity contribution < 1.29 is 8.95 Å². The summed E-state index contributed by atoms with van der Waals surface area (Å²) < 4.78 is 20.2. The lowest BCUT2D eigenvalue weighted by Crippen LogP contribution is -2.43. The van der Waals surface area contributed by atoms with Crippen LogP contribution in [0, 0.1) is 5.92 Å². The van der Waals surface area contributed by atoms with Crippen LogP contribution in [0.1, 0.15) is 40.5 Å². The van der Waals surface area contributed by atoms with Gasteiger partial charge in [0.2, 0.25) is 0 Å². The normalized spacial score (nSPS) is 23.7. The fraction of sp³-hybridized carbons (Fsp3) is 1.00. The molecule has 3 nitrogen and oxygen atoms in total. The third-order valence-corrected chi connectivity index (χ3v) is 4.52. The van der Waals surface area contributed by atoms with Gasteiger partial charge in [-0.3, -0.25) is 0 Å².